The Bertz CT molecular complexity index is 1440. The normalized spacial score (nSPS) is 15.6. The van der Waals surface area contributed by atoms with Crippen LogP contribution in [0, 0.1) is 0 Å². The van der Waals surface area contributed by atoms with Gasteiger partial charge in [0.1, 0.15) is 11.5 Å². The van der Waals surface area contributed by atoms with Crippen molar-refractivity contribution in [1.29, 1.82) is 0 Å². The van der Waals surface area contributed by atoms with Crippen LogP contribution in [0.4, 0.5) is 11.4 Å². The molecule has 1 N–H and O–H groups in total. The van der Waals surface area contributed by atoms with Crippen LogP contribution < -0.4 is 14.5 Å². The molecule has 40 heavy (non-hydrogen) atoms. The van der Waals surface area contributed by atoms with Gasteiger partial charge >= 0.3 is 0 Å². The van der Waals surface area contributed by atoms with E-state index in [1.807, 2.05) is 26.0 Å². The molecule has 3 heterocycles. The van der Waals surface area contributed by atoms with Gasteiger partial charge in [0, 0.05) is 54.7 Å². The topological polar surface area (TPSA) is 74.6 Å². The van der Waals surface area contributed by atoms with Crippen molar-refractivity contribution in [1.82, 2.24) is 15.0 Å². The summed E-state index contributed by atoms with van der Waals surface area (Å²) in [6, 6.07) is 22.2. The third-order valence-corrected chi connectivity index (χ3v) is 7.66. The largest absolute Gasteiger partial charge is 0.507 e. The average Bonchev–Trinajstić information content (AvgIpc) is 3.53. The van der Waals surface area contributed by atoms with E-state index in [1.165, 1.54) is 43.5 Å². The molecule has 0 saturated carbocycles. The number of phenols is 1. The molecular weight excluding hydrogens is 498 g/mol. The van der Waals surface area contributed by atoms with E-state index in [0.717, 1.165) is 37.3 Å². The lowest BCUT2D eigenvalue weighted by Crippen LogP contribution is -2.29. The number of nitrogens with zero attached hydrogens (tertiary/aromatic N) is 5. The second-order valence-corrected chi connectivity index (χ2v) is 11.0. The predicted molar refractivity (Wildman–Crippen MR) is 161 cm³/mol. The number of aromatic nitrogens is 3. The van der Waals surface area contributed by atoms with Crippen LogP contribution in [0.2, 0.25) is 0 Å². The fraction of sp³-hybridized carbons (Fsp3) is 0.364. The van der Waals surface area contributed by atoms with Gasteiger partial charge in [0.05, 0.1) is 11.7 Å². The van der Waals surface area contributed by atoms with Crippen molar-refractivity contribution >= 4 is 11.4 Å². The first-order valence-corrected chi connectivity index (χ1v) is 14.5. The summed E-state index contributed by atoms with van der Waals surface area (Å²) in [4.78, 5) is 19.4. The van der Waals surface area contributed by atoms with Crippen LogP contribution >= 0.6 is 0 Å². The molecule has 3 aromatic carbocycles. The molecule has 0 radical (unpaired) electrons. The lowest BCUT2D eigenvalue weighted by Gasteiger charge is -2.28. The molecule has 0 atom stereocenters. The highest BCUT2D eigenvalue weighted by Gasteiger charge is 2.18. The Balaban J connectivity index is 1.38. The number of phenolic OH excluding ortho intramolecular Hbond substituents is 1. The van der Waals surface area contributed by atoms with Crippen molar-refractivity contribution in [3.63, 3.8) is 0 Å². The van der Waals surface area contributed by atoms with Gasteiger partial charge in [0.25, 0.3) is 0 Å². The third kappa shape index (κ3) is 5.74. The van der Waals surface area contributed by atoms with E-state index in [9.17, 15) is 5.11 Å². The minimum absolute atomic E-state index is 0.0112. The number of hydrogen-bond donors (Lipinski definition) is 1. The first kappa shape index (κ1) is 26.1. The molecule has 0 amide bonds. The van der Waals surface area contributed by atoms with Crippen LogP contribution in [0.15, 0.2) is 66.7 Å². The molecule has 7 nitrogen and oxygen atoms in total. The molecule has 2 saturated heterocycles. The average molecular weight is 536 g/mol. The second-order valence-electron chi connectivity index (χ2n) is 11.0. The van der Waals surface area contributed by atoms with Crippen molar-refractivity contribution in [3.8, 4) is 45.7 Å². The summed E-state index contributed by atoms with van der Waals surface area (Å²) >= 11 is 0. The summed E-state index contributed by atoms with van der Waals surface area (Å²) in [6.07, 6.45) is 6.27. The van der Waals surface area contributed by atoms with E-state index in [2.05, 4.69) is 58.3 Å². The highest BCUT2D eigenvalue weighted by molar-refractivity contribution is 5.71. The van der Waals surface area contributed by atoms with Gasteiger partial charge in [-0.2, -0.15) is 0 Å². The first-order valence-electron chi connectivity index (χ1n) is 14.5. The zero-order chi connectivity index (χ0) is 27.5. The molecule has 0 spiro atoms. The van der Waals surface area contributed by atoms with E-state index < -0.39 is 0 Å². The van der Waals surface area contributed by atoms with Crippen LogP contribution in [0.3, 0.4) is 0 Å². The van der Waals surface area contributed by atoms with Crippen LogP contribution in [-0.4, -0.2) is 52.3 Å². The predicted octanol–water partition coefficient (Wildman–Crippen LogP) is 6.96. The molecule has 4 aromatic rings. The summed E-state index contributed by atoms with van der Waals surface area (Å²) in [5.74, 6) is 2.27. The monoisotopic (exact) mass is 535 g/mol. The smallest absolute Gasteiger partial charge is 0.167 e. The third-order valence-electron chi connectivity index (χ3n) is 7.66. The van der Waals surface area contributed by atoms with E-state index in [4.69, 9.17) is 19.7 Å². The van der Waals surface area contributed by atoms with Gasteiger partial charge in [-0.3, -0.25) is 0 Å². The second kappa shape index (κ2) is 11.5. The maximum Gasteiger partial charge on any atom is 0.167 e. The molecule has 0 aliphatic carbocycles. The maximum absolute atomic E-state index is 10.9. The van der Waals surface area contributed by atoms with E-state index >= 15 is 0 Å². The van der Waals surface area contributed by atoms with Crippen molar-refractivity contribution in [2.75, 3.05) is 36.0 Å². The summed E-state index contributed by atoms with van der Waals surface area (Å²) in [5.41, 5.74) is 4.83. The van der Waals surface area contributed by atoms with Gasteiger partial charge in [0.15, 0.2) is 17.5 Å². The molecule has 2 aliphatic rings. The van der Waals surface area contributed by atoms with Crippen molar-refractivity contribution in [3.05, 3.63) is 66.7 Å². The Morgan fingerprint density at radius 3 is 1.57 bits per heavy atom. The minimum Gasteiger partial charge on any atom is -0.507 e. The Morgan fingerprint density at radius 2 is 1.10 bits per heavy atom. The number of hydrogen-bond acceptors (Lipinski definition) is 7. The van der Waals surface area contributed by atoms with Crippen molar-refractivity contribution in [2.24, 2.45) is 0 Å². The van der Waals surface area contributed by atoms with Gasteiger partial charge in [-0.15, -0.1) is 0 Å². The van der Waals surface area contributed by atoms with Crippen LogP contribution in [-0.2, 0) is 0 Å². The van der Waals surface area contributed by atoms with Crippen LogP contribution in [0.1, 0.15) is 46.0 Å². The van der Waals surface area contributed by atoms with E-state index in [0.29, 0.717) is 28.8 Å². The number of ether oxygens (including phenoxy) is 1. The fourth-order valence-electron chi connectivity index (χ4n) is 5.57. The van der Waals surface area contributed by atoms with Gasteiger partial charge < -0.3 is 19.6 Å². The zero-order valence-corrected chi connectivity index (χ0v) is 23.4. The standard InChI is InChI=1S/C33H37N5O2/c1-23(2)40-28-16-17-29(30(39)22-28)33-35-31(24-8-12-26(13-9-24)37-18-4-3-5-19-37)34-32(36-33)25-10-14-27(15-11-25)38-20-6-7-21-38/h8-17,22-23,39H,3-7,18-21H2,1-2H3. The molecule has 206 valence electrons. The summed E-state index contributed by atoms with van der Waals surface area (Å²) in [5, 5.41) is 10.9. The van der Waals surface area contributed by atoms with Crippen LogP contribution in [0.25, 0.3) is 34.2 Å². The summed E-state index contributed by atoms with van der Waals surface area (Å²) in [6.45, 7) is 8.32. The number of rotatable bonds is 7. The number of piperidine rings is 1. The molecule has 7 heteroatoms. The number of aromatic hydroxyl groups is 1. The lowest BCUT2D eigenvalue weighted by atomic mass is 10.1. The van der Waals surface area contributed by atoms with E-state index in [-0.39, 0.29) is 11.9 Å². The van der Waals surface area contributed by atoms with Gasteiger partial charge in [0.2, 0.25) is 0 Å². The van der Waals surface area contributed by atoms with E-state index in [1.54, 1.807) is 6.07 Å². The maximum atomic E-state index is 10.9. The Labute approximate surface area is 236 Å². The number of anilines is 2. The highest BCUT2D eigenvalue weighted by Crippen LogP contribution is 2.34. The Hall–Kier alpha value is -4.13. The Morgan fingerprint density at radius 1 is 0.625 bits per heavy atom. The zero-order valence-electron chi connectivity index (χ0n) is 23.4. The fourth-order valence-corrected chi connectivity index (χ4v) is 5.57. The highest BCUT2D eigenvalue weighted by atomic mass is 16.5. The molecule has 2 aliphatic heterocycles. The van der Waals surface area contributed by atoms with Crippen molar-refractivity contribution < 1.29 is 9.84 Å². The van der Waals surface area contributed by atoms with Crippen molar-refractivity contribution in [2.45, 2.75) is 52.1 Å². The Kier molecular flexibility index (Phi) is 7.53. The SMILES string of the molecule is CC(C)Oc1ccc(-c2nc(-c3ccc(N4CCCCC4)cc3)nc(-c3ccc(N4CCCC4)cc3)n2)c(O)c1. The first-order chi connectivity index (χ1) is 19.5. The molecule has 2 fully saturated rings. The van der Waals surface area contributed by atoms with Gasteiger partial charge in [-0.1, -0.05) is 0 Å². The molecule has 0 unspecified atom stereocenters. The molecule has 0 bridgehead atoms. The summed E-state index contributed by atoms with van der Waals surface area (Å²) < 4.78 is 5.77. The molecular formula is C33H37N5O2. The van der Waals surface area contributed by atoms with Crippen LogP contribution in [0.5, 0.6) is 11.5 Å². The van der Waals surface area contributed by atoms with Gasteiger partial charge in [-0.25, -0.2) is 15.0 Å². The minimum atomic E-state index is 0.0112. The lowest BCUT2D eigenvalue weighted by molar-refractivity contribution is 0.241. The summed E-state index contributed by atoms with van der Waals surface area (Å²) in [7, 11) is 0. The molecule has 1 aromatic heterocycles. The van der Waals surface area contributed by atoms with Gasteiger partial charge in [-0.05, 0) is 107 Å². The molecule has 6 rings (SSSR count). The number of benzene rings is 3. The quantitative estimate of drug-likeness (QED) is 0.274.